The van der Waals surface area contributed by atoms with Crippen LogP contribution in [0.15, 0.2) is 24.3 Å². The van der Waals surface area contributed by atoms with Crippen LogP contribution in [-0.2, 0) is 14.3 Å². The first-order valence-corrected chi connectivity index (χ1v) is 5.97. The average molecular weight is 240 g/mol. The van der Waals surface area contributed by atoms with Gasteiger partial charge in [-0.2, -0.15) is 0 Å². The number of rotatable bonds is 7. The maximum Gasteiger partial charge on any atom is 0.178 e. The third-order valence-corrected chi connectivity index (χ3v) is 2.56. The number of carbonyl (C=O) groups excluding carboxylic acids is 1. The van der Waals surface area contributed by atoms with Crippen LogP contribution in [0.5, 0.6) is 0 Å². The van der Waals surface area contributed by atoms with Gasteiger partial charge < -0.3 is 14.6 Å². The van der Waals surface area contributed by atoms with Crippen molar-refractivity contribution in [3.63, 3.8) is 0 Å². The standard InChI is InChI=1S/C13H20O4/c1-3-16-12(17-4-2)7-10-13(15)8-5-11(14)6-9-13/h5-6,8-9,12,15H,3-4,7,10H2,1-2H3. The van der Waals surface area contributed by atoms with E-state index in [9.17, 15) is 9.90 Å². The van der Waals surface area contributed by atoms with Crippen LogP contribution in [0.1, 0.15) is 26.7 Å². The number of ether oxygens (including phenoxy) is 2. The zero-order valence-electron chi connectivity index (χ0n) is 10.4. The van der Waals surface area contributed by atoms with Crippen LogP contribution in [0.3, 0.4) is 0 Å². The summed E-state index contributed by atoms with van der Waals surface area (Å²) in [6, 6.07) is 0. The number of aliphatic hydroxyl groups is 1. The molecule has 17 heavy (non-hydrogen) atoms. The largest absolute Gasteiger partial charge is 0.382 e. The molecule has 0 bridgehead atoms. The van der Waals surface area contributed by atoms with Crippen LogP contribution in [0.2, 0.25) is 0 Å². The molecule has 96 valence electrons. The molecule has 0 aromatic rings. The lowest BCUT2D eigenvalue weighted by Gasteiger charge is -2.25. The van der Waals surface area contributed by atoms with E-state index in [4.69, 9.17) is 9.47 Å². The highest BCUT2D eigenvalue weighted by molar-refractivity contribution is 6.00. The molecule has 1 aliphatic carbocycles. The summed E-state index contributed by atoms with van der Waals surface area (Å²) in [6.45, 7) is 4.96. The first-order valence-electron chi connectivity index (χ1n) is 5.97. The van der Waals surface area contributed by atoms with Crippen LogP contribution in [0, 0.1) is 0 Å². The fraction of sp³-hybridized carbons (Fsp3) is 0.615. The molecule has 0 radical (unpaired) electrons. The van der Waals surface area contributed by atoms with E-state index in [-0.39, 0.29) is 12.1 Å². The third kappa shape index (κ3) is 4.81. The van der Waals surface area contributed by atoms with E-state index >= 15 is 0 Å². The summed E-state index contributed by atoms with van der Waals surface area (Å²) >= 11 is 0. The summed E-state index contributed by atoms with van der Waals surface area (Å²) < 4.78 is 10.8. The fourth-order valence-corrected chi connectivity index (χ4v) is 1.67. The van der Waals surface area contributed by atoms with Gasteiger partial charge in [0.2, 0.25) is 0 Å². The van der Waals surface area contributed by atoms with Gasteiger partial charge in [0.1, 0.15) is 5.60 Å². The zero-order chi connectivity index (χ0) is 12.7. The van der Waals surface area contributed by atoms with Gasteiger partial charge in [0.05, 0.1) is 0 Å². The Bertz CT molecular complexity index is 285. The Morgan fingerprint density at radius 1 is 1.24 bits per heavy atom. The molecule has 0 aromatic carbocycles. The molecule has 1 N–H and O–H groups in total. The maximum atomic E-state index is 11.0. The van der Waals surface area contributed by atoms with Gasteiger partial charge in [-0.1, -0.05) is 0 Å². The maximum absolute atomic E-state index is 11.0. The average Bonchev–Trinajstić information content (AvgIpc) is 2.31. The van der Waals surface area contributed by atoms with Gasteiger partial charge in [0, 0.05) is 19.6 Å². The van der Waals surface area contributed by atoms with E-state index in [1.165, 1.54) is 24.3 Å². The van der Waals surface area contributed by atoms with Crippen molar-refractivity contribution in [1.29, 1.82) is 0 Å². The van der Waals surface area contributed by atoms with Crippen LogP contribution in [0.4, 0.5) is 0 Å². The van der Waals surface area contributed by atoms with Crippen molar-refractivity contribution in [3.05, 3.63) is 24.3 Å². The molecule has 0 aromatic heterocycles. The highest BCUT2D eigenvalue weighted by Gasteiger charge is 2.24. The summed E-state index contributed by atoms with van der Waals surface area (Å²) in [4.78, 5) is 11.0. The van der Waals surface area contributed by atoms with Gasteiger partial charge >= 0.3 is 0 Å². The van der Waals surface area contributed by atoms with Gasteiger partial charge in [0.15, 0.2) is 12.1 Å². The molecule has 0 heterocycles. The highest BCUT2D eigenvalue weighted by Crippen LogP contribution is 2.22. The lowest BCUT2D eigenvalue weighted by molar-refractivity contribution is -0.144. The van der Waals surface area contributed by atoms with Crippen LogP contribution in [-0.4, -0.2) is 36.0 Å². The van der Waals surface area contributed by atoms with E-state index in [0.717, 1.165) is 0 Å². The molecule has 0 atom stereocenters. The molecule has 4 heteroatoms. The molecule has 0 amide bonds. The smallest absolute Gasteiger partial charge is 0.178 e. The van der Waals surface area contributed by atoms with Crippen LogP contribution >= 0.6 is 0 Å². The van der Waals surface area contributed by atoms with Crippen molar-refractivity contribution in [2.45, 2.75) is 38.6 Å². The molecule has 0 unspecified atom stereocenters. The fourth-order valence-electron chi connectivity index (χ4n) is 1.67. The minimum atomic E-state index is -1.06. The van der Waals surface area contributed by atoms with Crippen LogP contribution < -0.4 is 0 Å². The predicted molar refractivity (Wildman–Crippen MR) is 64.5 cm³/mol. The topological polar surface area (TPSA) is 55.8 Å². The Kier molecular flexibility index (Phi) is 5.55. The molecule has 1 rings (SSSR count). The predicted octanol–water partition coefficient (Wildman–Crippen LogP) is 1.59. The van der Waals surface area contributed by atoms with Crippen molar-refractivity contribution in [1.82, 2.24) is 0 Å². The summed E-state index contributed by atoms with van der Waals surface area (Å²) in [7, 11) is 0. The number of allylic oxidation sites excluding steroid dienone is 2. The Balaban J connectivity index is 2.45. The second-order valence-corrected chi connectivity index (χ2v) is 3.94. The van der Waals surface area contributed by atoms with E-state index in [1.807, 2.05) is 13.8 Å². The summed E-state index contributed by atoms with van der Waals surface area (Å²) in [5.41, 5.74) is -1.06. The molecular formula is C13H20O4. The Morgan fingerprint density at radius 3 is 2.24 bits per heavy atom. The molecular weight excluding hydrogens is 220 g/mol. The van der Waals surface area contributed by atoms with E-state index < -0.39 is 5.60 Å². The van der Waals surface area contributed by atoms with E-state index in [2.05, 4.69) is 0 Å². The first kappa shape index (κ1) is 14.1. The zero-order valence-corrected chi connectivity index (χ0v) is 10.4. The van der Waals surface area contributed by atoms with Crippen molar-refractivity contribution in [2.24, 2.45) is 0 Å². The molecule has 4 nitrogen and oxygen atoms in total. The van der Waals surface area contributed by atoms with Crippen molar-refractivity contribution < 1.29 is 19.4 Å². The van der Waals surface area contributed by atoms with Gasteiger partial charge in [-0.05, 0) is 44.6 Å². The Hall–Kier alpha value is -0.970. The molecule has 0 saturated carbocycles. The second kappa shape index (κ2) is 6.69. The molecule has 0 spiro atoms. The highest BCUT2D eigenvalue weighted by atomic mass is 16.7. The minimum absolute atomic E-state index is 0.0964. The first-order chi connectivity index (χ1) is 8.09. The summed E-state index contributed by atoms with van der Waals surface area (Å²) in [5.74, 6) is -0.0964. The van der Waals surface area contributed by atoms with Gasteiger partial charge in [-0.15, -0.1) is 0 Å². The summed E-state index contributed by atoms with van der Waals surface area (Å²) in [5, 5.41) is 10.1. The number of hydrogen-bond donors (Lipinski definition) is 1. The molecule has 0 fully saturated rings. The second-order valence-electron chi connectivity index (χ2n) is 3.94. The lowest BCUT2D eigenvalue weighted by Crippen LogP contribution is -2.29. The number of carbonyl (C=O) groups is 1. The quantitative estimate of drug-likeness (QED) is 0.687. The number of hydrogen-bond acceptors (Lipinski definition) is 4. The molecule has 1 aliphatic rings. The minimum Gasteiger partial charge on any atom is -0.382 e. The van der Waals surface area contributed by atoms with Gasteiger partial charge in [-0.3, -0.25) is 4.79 Å². The third-order valence-electron chi connectivity index (χ3n) is 2.56. The monoisotopic (exact) mass is 240 g/mol. The Morgan fingerprint density at radius 2 is 1.76 bits per heavy atom. The van der Waals surface area contributed by atoms with Gasteiger partial charge in [0.25, 0.3) is 0 Å². The van der Waals surface area contributed by atoms with Crippen molar-refractivity contribution in [2.75, 3.05) is 13.2 Å². The van der Waals surface area contributed by atoms with Crippen molar-refractivity contribution >= 4 is 5.78 Å². The van der Waals surface area contributed by atoms with E-state index in [0.29, 0.717) is 26.1 Å². The van der Waals surface area contributed by atoms with Crippen molar-refractivity contribution in [3.8, 4) is 0 Å². The summed E-state index contributed by atoms with van der Waals surface area (Å²) in [6.07, 6.45) is 6.56. The van der Waals surface area contributed by atoms with Gasteiger partial charge in [-0.25, -0.2) is 0 Å². The SMILES string of the molecule is CCOC(CCC1(O)C=CC(=O)C=C1)OCC. The Labute approximate surface area is 102 Å². The molecule has 0 aliphatic heterocycles. The van der Waals surface area contributed by atoms with Crippen LogP contribution in [0.25, 0.3) is 0 Å². The normalized spacial score (nSPS) is 18.0. The number of ketones is 1. The van der Waals surface area contributed by atoms with E-state index in [1.54, 1.807) is 0 Å². The lowest BCUT2D eigenvalue weighted by atomic mass is 9.92. The molecule has 0 saturated heterocycles.